The molecule has 1 aromatic rings. The fourth-order valence-corrected chi connectivity index (χ4v) is 2.69. The van der Waals surface area contributed by atoms with Crippen molar-refractivity contribution in [2.75, 3.05) is 7.05 Å². The lowest BCUT2D eigenvalue weighted by Crippen LogP contribution is -2.36. The number of benzene rings is 1. The van der Waals surface area contributed by atoms with E-state index in [1.165, 1.54) is 5.56 Å². The van der Waals surface area contributed by atoms with E-state index in [2.05, 4.69) is 52.1 Å². The van der Waals surface area contributed by atoms with Crippen molar-refractivity contribution in [2.45, 2.75) is 38.0 Å². The molecule has 2 nitrogen and oxygen atoms in total. The number of hydrogen-bond acceptors (Lipinski definition) is 2. The third-order valence-electron chi connectivity index (χ3n) is 3.36. The van der Waals surface area contributed by atoms with E-state index in [4.69, 9.17) is 0 Å². The Labute approximate surface area is 105 Å². The normalized spacial score (nSPS) is 25.2. The van der Waals surface area contributed by atoms with E-state index in [1.807, 2.05) is 0 Å². The highest BCUT2D eigenvalue weighted by atomic mass is 79.9. The van der Waals surface area contributed by atoms with Crippen LogP contribution in [0.25, 0.3) is 0 Å². The van der Waals surface area contributed by atoms with Crippen molar-refractivity contribution in [1.82, 2.24) is 4.90 Å². The van der Waals surface area contributed by atoms with Gasteiger partial charge in [0.15, 0.2) is 0 Å². The first-order chi connectivity index (χ1) is 7.66. The van der Waals surface area contributed by atoms with Crippen LogP contribution in [0.3, 0.4) is 0 Å². The molecule has 0 aliphatic heterocycles. The molecule has 0 saturated heterocycles. The molecule has 1 aliphatic carbocycles. The van der Waals surface area contributed by atoms with Crippen LogP contribution in [0.15, 0.2) is 28.7 Å². The molecule has 1 aliphatic rings. The third-order valence-corrected chi connectivity index (χ3v) is 3.88. The van der Waals surface area contributed by atoms with Crippen LogP contribution < -0.4 is 0 Å². The van der Waals surface area contributed by atoms with Gasteiger partial charge in [0.1, 0.15) is 0 Å². The summed E-state index contributed by atoms with van der Waals surface area (Å²) in [6, 6.07) is 8.72. The van der Waals surface area contributed by atoms with E-state index < -0.39 is 0 Å². The molecule has 2 rings (SSSR count). The number of halogens is 1. The molecule has 16 heavy (non-hydrogen) atoms. The largest absolute Gasteiger partial charge is 0.391 e. The van der Waals surface area contributed by atoms with Crippen molar-refractivity contribution in [3.8, 4) is 0 Å². The topological polar surface area (TPSA) is 23.5 Å². The average molecular weight is 284 g/mol. The predicted octanol–water partition coefficient (Wildman–Crippen LogP) is 2.79. The summed E-state index contributed by atoms with van der Waals surface area (Å²) >= 11 is 3.43. The molecule has 1 N–H and O–H groups in total. The van der Waals surface area contributed by atoms with Gasteiger partial charge in [-0.25, -0.2) is 0 Å². The number of aliphatic hydroxyl groups is 1. The van der Waals surface area contributed by atoms with E-state index in [9.17, 15) is 5.11 Å². The lowest BCUT2D eigenvalue weighted by Gasteiger charge is -2.27. The van der Waals surface area contributed by atoms with Crippen molar-refractivity contribution in [1.29, 1.82) is 0 Å². The summed E-state index contributed by atoms with van der Waals surface area (Å²) < 4.78 is 1.11. The predicted molar refractivity (Wildman–Crippen MR) is 69.3 cm³/mol. The molecule has 2 atom stereocenters. The lowest BCUT2D eigenvalue weighted by molar-refractivity contribution is 0.0825. The maximum absolute atomic E-state index is 9.83. The Morgan fingerprint density at radius 1 is 1.31 bits per heavy atom. The van der Waals surface area contributed by atoms with Crippen molar-refractivity contribution < 1.29 is 5.11 Å². The first-order valence-corrected chi connectivity index (χ1v) is 6.59. The molecule has 0 heterocycles. The zero-order valence-corrected chi connectivity index (χ0v) is 11.2. The summed E-state index contributed by atoms with van der Waals surface area (Å²) in [4.78, 5) is 2.26. The van der Waals surface area contributed by atoms with Crippen LogP contribution >= 0.6 is 15.9 Å². The summed E-state index contributed by atoms with van der Waals surface area (Å²) in [6.07, 6.45) is 3.08. The molecular weight excluding hydrogens is 266 g/mol. The summed E-state index contributed by atoms with van der Waals surface area (Å²) in [5.41, 5.74) is 1.30. The average Bonchev–Trinajstić information content (AvgIpc) is 2.68. The molecule has 0 spiro atoms. The van der Waals surface area contributed by atoms with E-state index in [0.29, 0.717) is 6.04 Å². The summed E-state index contributed by atoms with van der Waals surface area (Å²) in [7, 11) is 2.10. The number of rotatable bonds is 3. The van der Waals surface area contributed by atoms with E-state index >= 15 is 0 Å². The molecule has 1 aromatic carbocycles. The standard InChI is InChI=1S/C13H18BrNO/c1-15(12-3-2-4-13(12)16)9-10-5-7-11(14)8-6-10/h5-8,12-13,16H,2-4,9H2,1H3. The second kappa shape index (κ2) is 5.30. The molecular formula is C13H18BrNO. The molecule has 1 fully saturated rings. The number of hydrogen-bond donors (Lipinski definition) is 1. The lowest BCUT2D eigenvalue weighted by atomic mass is 10.1. The molecule has 0 aromatic heterocycles. The quantitative estimate of drug-likeness (QED) is 0.922. The van der Waals surface area contributed by atoms with Gasteiger partial charge >= 0.3 is 0 Å². The molecule has 0 amide bonds. The smallest absolute Gasteiger partial charge is 0.0695 e. The van der Waals surface area contributed by atoms with E-state index in [-0.39, 0.29) is 6.10 Å². The Morgan fingerprint density at radius 2 is 2.00 bits per heavy atom. The fourth-order valence-electron chi connectivity index (χ4n) is 2.43. The van der Waals surface area contributed by atoms with Crippen molar-refractivity contribution in [3.63, 3.8) is 0 Å². The summed E-state index contributed by atoms with van der Waals surface area (Å²) in [5, 5.41) is 9.83. The highest BCUT2D eigenvalue weighted by molar-refractivity contribution is 9.10. The first kappa shape index (κ1) is 12.1. The van der Waals surface area contributed by atoms with Gasteiger partial charge in [-0.05, 0) is 44.0 Å². The monoisotopic (exact) mass is 283 g/mol. The second-order valence-corrected chi connectivity index (χ2v) is 5.52. The molecule has 1 saturated carbocycles. The van der Waals surface area contributed by atoms with E-state index in [0.717, 1.165) is 30.3 Å². The van der Waals surface area contributed by atoms with Crippen LogP contribution in [0.1, 0.15) is 24.8 Å². The maximum atomic E-state index is 9.83. The van der Waals surface area contributed by atoms with Gasteiger partial charge in [-0.2, -0.15) is 0 Å². The molecule has 3 heteroatoms. The third kappa shape index (κ3) is 2.84. The van der Waals surface area contributed by atoms with Crippen molar-refractivity contribution in [2.24, 2.45) is 0 Å². The first-order valence-electron chi connectivity index (χ1n) is 5.79. The minimum atomic E-state index is -0.138. The van der Waals surface area contributed by atoms with Crippen LogP contribution in [0.4, 0.5) is 0 Å². The van der Waals surface area contributed by atoms with Gasteiger partial charge < -0.3 is 5.11 Å². The summed E-state index contributed by atoms with van der Waals surface area (Å²) in [6.45, 7) is 0.912. The Hall–Kier alpha value is -0.380. The van der Waals surface area contributed by atoms with Crippen LogP contribution in [0.2, 0.25) is 0 Å². The van der Waals surface area contributed by atoms with Gasteiger partial charge in [-0.3, -0.25) is 4.90 Å². The van der Waals surface area contributed by atoms with Gasteiger partial charge in [0, 0.05) is 17.1 Å². The van der Waals surface area contributed by atoms with Gasteiger partial charge in [0.2, 0.25) is 0 Å². The molecule has 0 bridgehead atoms. The van der Waals surface area contributed by atoms with Crippen LogP contribution in [-0.4, -0.2) is 29.2 Å². The van der Waals surface area contributed by atoms with Crippen LogP contribution in [0, 0.1) is 0 Å². The van der Waals surface area contributed by atoms with Gasteiger partial charge in [0.25, 0.3) is 0 Å². The Bertz CT molecular complexity index is 338. The summed E-state index contributed by atoms with van der Waals surface area (Å²) in [5.74, 6) is 0. The van der Waals surface area contributed by atoms with Crippen molar-refractivity contribution >= 4 is 15.9 Å². The molecule has 88 valence electrons. The van der Waals surface area contributed by atoms with Gasteiger partial charge in [0.05, 0.1) is 6.10 Å². The Balaban J connectivity index is 1.96. The van der Waals surface area contributed by atoms with Gasteiger partial charge in [-0.1, -0.05) is 28.1 Å². The molecule has 2 unspecified atom stereocenters. The zero-order valence-electron chi connectivity index (χ0n) is 9.56. The second-order valence-electron chi connectivity index (χ2n) is 4.61. The number of aliphatic hydroxyl groups excluding tert-OH is 1. The van der Waals surface area contributed by atoms with Gasteiger partial charge in [-0.15, -0.1) is 0 Å². The van der Waals surface area contributed by atoms with Crippen LogP contribution in [-0.2, 0) is 6.54 Å². The number of likely N-dealkylation sites (N-methyl/N-ethyl adjacent to an activating group) is 1. The highest BCUT2D eigenvalue weighted by Gasteiger charge is 2.28. The SMILES string of the molecule is CN(Cc1ccc(Br)cc1)C1CCCC1O. The highest BCUT2D eigenvalue weighted by Crippen LogP contribution is 2.24. The van der Waals surface area contributed by atoms with Crippen molar-refractivity contribution in [3.05, 3.63) is 34.3 Å². The Kier molecular flexibility index (Phi) is 4.00. The minimum Gasteiger partial charge on any atom is -0.391 e. The maximum Gasteiger partial charge on any atom is 0.0695 e. The number of nitrogens with zero attached hydrogens (tertiary/aromatic N) is 1. The van der Waals surface area contributed by atoms with E-state index in [1.54, 1.807) is 0 Å². The minimum absolute atomic E-state index is 0.138. The zero-order chi connectivity index (χ0) is 11.5. The Morgan fingerprint density at radius 3 is 2.56 bits per heavy atom. The fraction of sp³-hybridized carbons (Fsp3) is 0.538. The molecule has 0 radical (unpaired) electrons. The van der Waals surface area contributed by atoms with Crippen LogP contribution in [0.5, 0.6) is 0 Å².